The Morgan fingerprint density at radius 3 is 2.42 bits per heavy atom. The molecule has 4 heteroatoms. The predicted octanol–water partition coefficient (Wildman–Crippen LogP) is 4.36. The molecular formula is C20H22O4. The van der Waals surface area contributed by atoms with Gasteiger partial charge >= 0.3 is 5.97 Å². The van der Waals surface area contributed by atoms with Gasteiger partial charge in [-0.05, 0) is 18.6 Å². The fourth-order valence-corrected chi connectivity index (χ4v) is 2.45. The highest BCUT2D eigenvalue weighted by Crippen LogP contribution is 2.25. The Bertz CT molecular complexity index is 692. The summed E-state index contributed by atoms with van der Waals surface area (Å²) in [4.78, 5) is 24.9. The number of carbonyl (C=O) groups excluding carboxylic acids is 2. The van der Waals surface area contributed by atoms with E-state index in [0.717, 1.165) is 25.7 Å². The summed E-state index contributed by atoms with van der Waals surface area (Å²) in [6.07, 6.45) is 4.00. The van der Waals surface area contributed by atoms with E-state index in [2.05, 4.69) is 6.92 Å². The van der Waals surface area contributed by atoms with Gasteiger partial charge in [0.25, 0.3) is 0 Å². The Hall–Kier alpha value is -2.62. The number of benzene rings is 2. The van der Waals surface area contributed by atoms with E-state index in [1.165, 1.54) is 18.2 Å². The van der Waals surface area contributed by atoms with Crippen LogP contribution in [0.3, 0.4) is 0 Å². The molecule has 2 rings (SSSR count). The summed E-state index contributed by atoms with van der Waals surface area (Å²) in [6, 6.07) is 13.0. The second kappa shape index (κ2) is 8.87. The van der Waals surface area contributed by atoms with Crippen molar-refractivity contribution in [2.24, 2.45) is 0 Å². The number of ketones is 1. The van der Waals surface area contributed by atoms with Gasteiger partial charge in [0, 0.05) is 5.56 Å². The standard InChI is InChI=1S/C20H22O4/c1-2-3-4-8-14-24-20(23)16-12-9-13-17(21)18(16)19(22)15-10-6-5-7-11-15/h5-7,9-13,21H,2-4,8,14H2,1H3. The molecule has 126 valence electrons. The monoisotopic (exact) mass is 326 g/mol. The van der Waals surface area contributed by atoms with Crippen molar-refractivity contribution < 1.29 is 19.4 Å². The van der Waals surface area contributed by atoms with Crippen LogP contribution < -0.4 is 0 Å². The van der Waals surface area contributed by atoms with Gasteiger partial charge in [-0.15, -0.1) is 0 Å². The molecule has 0 aliphatic heterocycles. The lowest BCUT2D eigenvalue weighted by Crippen LogP contribution is -2.13. The molecule has 0 aromatic heterocycles. The fourth-order valence-electron chi connectivity index (χ4n) is 2.45. The summed E-state index contributed by atoms with van der Waals surface area (Å²) in [5.74, 6) is -1.20. The first-order chi connectivity index (χ1) is 11.6. The molecule has 0 bridgehead atoms. The minimum atomic E-state index is -0.582. The number of unbranched alkanes of at least 4 members (excludes halogenated alkanes) is 3. The molecule has 0 radical (unpaired) electrons. The Morgan fingerprint density at radius 1 is 0.958 bits per heavy atom. The van der Waals surface area contributed by atoms with E-state index < -0.39 is 11.8 Å². The minimum absolute atomic E-state index is 0.0118. The fraction of sp³-hybridized carbons (Fsp3) is 0.300. The third-order valence-corrected chi connectivity index (χ3v) is 3.76. The highest BCUT2D eigenvalue weighted by molar-refractivity contribution is 6.16. The van der Waals surface area contributed by atoms with Gasteiger partial charge in [-0.2, -0.15) is 0 Å². The molecule has 0 aliphatic rings. The molecule has 2 aromatic carbocycles. The zero-order valence-electron chi connectivity index (χ0n) is 13.8. The van der Waals surface area contributed by atoms with Crippen LogP contribution in [-0.4, -0.2) is 23.5 Å². The molecule has 0 saturated heterocycles. The second-order valence-electron chi connectivity index (χ2n) is 5.59. The van der Waals surface area contributed by atoms with Crippen LogP contribution >= 0.6 is 0 Å². The molecule has 0 unspecified atom stereocenters. The lowest BCUT2D eigenvalue weighted by Gasteiger charge is -2.11. The quantitative estimate of drug-likeness (QED) is 0.445. The van der Waals surface area contributed by atoms with Crippen molar-refractivity contribution in [2.45, 2.75) is 32.6 Å². The van der Waals surface area contributed by atoms with Gasteiger partial charge in [-0.3, -0.25) is 4.79 Å². The Morgan fingerprint density at radius 2 is 1.71 bits per heavy atom. The molecule has 0 amide bonds. The lowest BCUT2D eigenvalue weighted by atomic mass is 9.97. The third-order valence-electron chi connectivity index (χ3n) is 3.76. The van der Waals surface area contributed by atoms with E-state index in [-0.39, 0.29) is 16.9 Å². The summed E-state index contributed by atoms with van der Waals surface area (Å²) in [5.41, 5.74) is 0.498. The maximum Gasteiger partial charge on any atom is 0.339 e. The van der Waals surface area contributed by atoms with Crippen molar-refractivity contribution in [2.75, 3.05) is 6.61 Å². The number of phenolic OH excluding ortho intramolecular Hbond substituents is 1. The molecule has 0 heterocycles. The first-order valence-corrected chi connectivity index (χ1v) is 8.24. The number of esters is 1. The Balaban J connectivity index is 2.17. The van der Waals surface area contributed by atoms with E-state index >= 15 is 0 Å². The number of aromatic hydroxyl groups is 1. The maximum atomic E-state index is 12.6. The van der Waals surface area contributed by atoms with Crippen molar-refractivity contribution in [3.05, 3.63) is 65.2 Å². The summed E-state index contributed by atoms with van der Waals surface area (Å²) in [5, 5.41) is 10.1. The molecular weight excluding hydrogens is 304 g/mol. The van der Waals surface area contributed by atoms with E-state index in [1.54, 1.807) is 30.3 Å². The van der Waals surface area contributed by atoms with Crippen LogP contribution in [0, 0.1) is 0 Å². The first kappa shape index (κ1) is 17.7. The number of hydrogen-bond donors (Lipinski definition) is 1. The lowest BCUT2D eigenvalue weighted by molar-refractivity contribution is 0.0494. The van der Waals surface area contributed by atoms with Crippen LogP contribution in [0.15, 0.2) is 48.5 Å². The molecule has 0 saturated carbocycles. The molecule has 0 fully saturated rings. The highest BCUT2D eigenvalue weighted by Gasteiger charge is 2.22. The summed E-state index contributed by atoms with van der Waals surface area (Å²) in [6.45, 7) is 2.42. The SMILES string of the molecule is CCCCCCOC(=O)c1cccc(O)c1C(=O)c1ccccc1. The smallest absolute Gasteiger partial charge is 0.339 e. The van der Waals surface area contributed by atoms with Crippen LogP contribution in [-0.2, 0) is 4.74 Å². The Kier molecular flexibility index (Phi) is 6.55. The van der Waals surface area contributed by atoms with Crippen LogP contribution in [0.25, 0.3) is 0 Å². The zero-order chi connectivity index (χ0) is 17.4. The van der Waals surface area contributed by atoms with Gasteiger partial charge in [0.2, 0.25) is 0 Å². The van der Waals surface area contributed by atoms with Crippen LogP contribution in [0.2, 0.25) is 0 Å². The molecule has 0 aliphatic carbocycles. The van der Waals surface area contributed by atoms with E-state index in [4.69, 9.17) is 4.74 Å². The van der Waals surface area contributed by atoms with Gasteiger partial charge in [-0.25, -0.2) is 4.79 Å². The molecule has 0 spiro atoms. The third kappa shape index (κ3) is 4.44. The molecule has 24 heavy (non-hydrogen) atoms. The van der Waals surface area contributed by atoms with Crippen molar-refractivity contribution in [3.63, 3.8) is 0 Å². The number of ether oxygens (including phenoxy) is 1. The van der Waals surface area contributed by atoms with Gasteiger partial charge in [0.15, 0.2) is 5.78 Å². The summed E-state index contributed by atoms with van der Waals surface area (Å²) in [7, 11) is 0. The molecule has 1 N–H and O–H groups in total. The highest BCUT2D eigenvalue weighted by atomic mass is 16.5. The first-order valence-electron chi connectivity index (χ1n) is 8.24. The topological polar surface area (TPSA) is 63.6 Å². The normalized spacial score (nSPS) is 10.4. The van der Waals surface area contributed by atoms with Gasteiger partial charge in [0.05, 0.1) is 17.7 Å². The van der Waals surface area contributed by atoms with Gasteiger partial charge in [0.1, 0.15) is 5.75 Å². The zero-order valence-corrected chi connectivity index (χ0v) is 13.8. The number of rotatable bonds is 8. The average Bonchev–Trinajstić information content (AvgIpc) is 2.61. The number of carbonyl (C=O) groups is 2. The average molecular weight is 326 g/mol. The number of phenols is 1. The van der Waals surface area contributed by atoms with Crippen LogP contribution in [0.5, 0.6) is 5.75 Å². The molecule has 2 aromatic rings. The molecule has 4 nitrogen and oxygen atoms in total. The Labute approximate surface area is 142 Å². The predicted molar refractivity (Wildman–Crippen MR) is 92.4 cm³/mol. The van der Waals surface area contributed by atoms with E-state index in [1.807, 2.05) is 0 Å². The minimum Gasteiger partial charge on any atom is -0.507 e. The van der Waals surface area contributed by atoms with Crippen molar-refractivity contribution in [3.8, 4) is 5.75 Å². The van der Waals surface area contributed by atoms with Gasteiger partial charge in [-0.1, -0.05) is 62.6 Å². The van der Waals surface area contributed by atoms with Crippen molar-refractivity contribution >= 4 is 11.8 Å². The van der Waals surface area contributed by atoms with Gasteiger partial charge < -0.3 is 9.84 Å². The molecule has 0 atom stereocenters. The van der Waals surface area contributed by atoms with Crippen molar-refractivity contribution in [1.82, 2.24) is 0 Å². The van der Waals surface area contributed by atoms with Crippen molar-refractivity contribution in [1.29, 1.82) is 0 Å². The maximum absolute atomic E-state index is 12.6. The van der Waals surface area contributed by atoms with E-state index in [0.29, 0.717) is 12.2 Å². The largest absolute Gasteiger partial charge is 0.507 e. The van der Waals surface area contributed by atoms with Crippen LogP contribution in [0.1, 0.15) is 58.9 Å². The summed E-state index contributed by atoms with van der Waals surface area (Å²) >= 11 is 0. The second-order valence-corrected chi connectivity index (χ2v) is 5.59. The van der Waals surface area contributed by atoms with E-state index in [9.17, 15) is 14.7 Å². The van der Waals surface area contributed by atoms with Crippen LogP contribution in [0.4, 0.5) is 0 Å². The number of hydrogen-bond acceptors (Lipinski definition) is 4. The summed E-state index contributed by atoms with van der Waals surface area (Å²) < 4.78 is 5.25.